The fourth-order valence-corrected chi connectivity index (χ4v) is 1.57. The number of carboxylic acids is 1. The standard InChI is InChI=1S/C12H15BrN2O5/c1-12(19,10(16)17)6-14-11(18)15-9-5-7(20-2)3-4-8(9)13/h3-5,19H,6H2,1-2H3,(H,16,17)(H2,14,15,18). The number of carboxylic acid groups (broad SMARTS) is 1. The number of urea groups is 1. The van der Waals surface area contributed by atoms with E-state index in [1.807, 2.05) is 0 Å². The van der Waals surface area contributed by atoms with Crippen molar-refractivity contribution in [3.8, 4) is 5.75 Å². The van der Waals surface area contributed by atoms with Crippen LogP contribution in [-0.4, -0.2) is 41.5 Å². The second-order valence-corrected chi connectivity index (χ2v) is 5.09. The molecule has 1 unspecified atom stereocenters. The lowest BCUT2D eigenvalue weighted by Gasteiger charge is -2.18. The van der Waals surface area contributed by atoms with Crippen molar-refractivity contribution in [3.63, 3.8) is 0 Å². The summed E-state index contributed by atoms with van der Waals surface area (Å²) < 4.78 is 5.66. The van der Waals surface area contributed by atoms with Gasteiger partial charge in [0.2, 0.25) is 0 Å². The fraction of sp³-hybridized carbons (Fsp3) is 0.333. The Kier molecular flexibility index (Phi) is 5.34. The zero-order valence-electron chi connectivity index (χ0n) is 10.9. The third kappa shape index (κ3) is 4.39. The van der Waals surface area contributed by atoms with Crippen molar-refractivity contribution in [3.05, 3.63) is 22.7 Å². The number of aliphatic hydroxyl groups is 1. The summed E-state index contributed by atoms with van der Waals surface area (Å²) in [6.45, 7) is 0.673. The van der Waals surface area contributed by atoms with Gasteiger partial charge in [0, 0.05) is 10.5 Å². The molecule has 20 heavy (non-hydrogen) atoms. The number of halogens is 1. The highest BCUT2D eigenvalue weighted by Crippen LogP contribution is 2.26. The Hall–Kier alpha value is -1.80. The normalized spacial score (nSPS) is 13.2. The largest absolute Gasteiger partial charge is 0.497 e. The molecular weight excluding hydrogens is 332 g/mol. The van der Waals surface area contributed by atoms with Crippen LogP contribution in [0.1, 0.15) is 6.92 Å². The Bertz CT molecular complexity index is 519. The van der Waals surface area contributed by atoms with Crippen LogP contribution >= 0.6 is 15.9 Å². The lowest BCUT2D eigenvalue weighted by molar-refractivity contribution is -0.155. The Morgan fingerprint density at radius 2 is 2.10 bits per heavy atom. The van der Waals surface area contributed by atoms with E-state index in [4.69, 9.17) is 9.84 Å². The number of aliphatic carboxylic acids is 1. The second kappa shape index (κ2) is 6.58. The smallest absolute Gasteiger partial charge is 0.337 e. The number of hydrogen-bond donors (Lipinski definition) is 4. The summed E-state index contributed by atoms with van der Waals surface area (Å²) in [4.78, 5) is 22.3. The van der Waals surface area contributed by atoms with Crippen LogP contribution < -0.4 is 15.4 Å². The van der Waals surface area contributed by atoms with E-state index in [1.165, 1.54) is 7.11 Å². The van der Waals surface area contributed by atoms with Gasteiger partial charge in [-0.3, -0.25) is 0 Å². The SMILES string of the molecule is COc1ccc(Br)c(NC(=O)NCC(C)(O)C(=O)O)c1. The Morgan fingerprint density at radius 1 is 1.45 bits per heavy atom. The molecule has 0 radical (unpaired) electrons. The minimum Gasteiger partial charge on any atom is -0.497 e. The van der Waals surface area contributed by atoms with Crippen LogP contribution in [0.3, 0.4) is 0 Å². The molecule has 8 heteroatoms. The molecule has 0 aromatic heterocycles. The maximum atomic E-state index is 11.6. The first-order chi connectivity index (χ1) is 9.26. The molecule has 0 bridgehead atoms. The summed E-state index contributed by atoms with van der Waals surface area (Å²) in [5.74, 6) is -0.860. The first-order valence-electron chi connectivity index (χ1n) is 5.60. The van der Waals surface area contributed by atoms with Crippen LogP contribution in [0.15, 0.2) is 22.7 Å². The van der Waals surface area contributed by atoms with Crippen molar-refractivity contribution in [1.29, 1.82) is 0 Å². The van der Waals surface area contributed by atoms with E-state index < -0.39 is 24.1 Å². The van der Waals surface area contributed by atoms with E-state index in [0.717, 1.165) is 6.92 Å². The molecule has 0 aliphatic rings. The van der Waals surface area contributed by atoms with Crippen LogP contribution in [0.25, 0.3) is 0 Å². The number of methoxy groups -OCH3 is 1. The molecular formula is C12H15BrN2O5. The molecule has 0 saturated heterocycles. The molecule has 1 aromatic rings. The first-order valence-corrected chi connectivity index (χ1v) is 6.39. The molecule has 0 fully saturated rings. The average molecular weight is 347 g/mol. The topological polar surface area (TPSA) is 108 Å². The van der Waals surface area contributed by atoms with Crippen molar-refractivity contribution in [2.24, 2.45) is 0 Å². The summed E-state index contributed by atoms with van der Waals surface area (Å²) in [6.07, 6.45) is 0. The monoisotopic (exact) mass is 346 g/mol. The van der Waals surface area contributed by atoms with E-state index in [-0.39, 0.29) is 0 Å². The van der Waals surface area contributed by atoms with Gasteiger partial charge in [-0.25, -0.2) is 9.59 Å². The molecule has 1 rings (SSSR count). The van der Waals surface area contributed by atoms with Crippen LogP contribution in [0.4, 0.5) is 10.5 Å². The van der Waals surface area contributed by atoms with Crippen LogP contribution in [0, 0.1) is 0 Å². The van der Waals surface area contributed by atoms with E-state index >= 15 is 0 Å². The number of carbonyl (C=O) groups excluding carboxylic acids is 1. The molecule has 0 saturated carbocycles. The van der Waals surface area contributed by atoms with E-state index in [1.54, 1.807) is 18.2 Å². The maximum Gasteiger partial charge on any atom is 0.337 e. The summed E-state index contributed by atoms with van der Waals surface area (Å²) >= 11 is 3.26. The lowest BCUT2D eigenvalue weighted by atomic mass is 10.1. The van der Waals surface area contributed by atoms with E-state index in [9.17, 15) is 14.7 Å². The highest BCUT2D eigenvalue weighted by Gasteiger charge is 2.30. The zero-order chi connectivity index (χ0) is 15.3. The Balaban J connectivity index is 2.65. The quantitative estimate of drug-likeness (QED) is 0.644. The van der Waals surface area contributed by atoms with Crippen molar-refractivity contribution in [1.82, 2.24) is 5.32 Å². The summed E-state index contributed by atoms with van der Waals surface area (Å²) in [7, 11) is 1.50. The second-order valence-electron chi connectivity index (χ2n) is 4.23. The molecule has 1 aromatic carbocycles. The van der Waals surface area contributed by atoms with Gasteiger partial charge in [-0.05, 0) is 35.0 Å². The predicted octanol–water partition coefficient (Wildman–Crippen LogP) is 1.41. The zero-order valence-corrected chi connectivity index (χ0v) is 12.5. The molecule has 0 aliphatic heterocycles. The van der Waals surface area contributed by atoms with Gasteiger partial charge >= 0.3 is 12.0 Å². The summed E-state index contributed by atoms with van der Waals surface area (Å²) in [5, 5.41) is 23.0. The van der Waals surface area contributed by atoms with Crippen LogP contribution in [0.5, 0.6) is 5.75 Å². The van der Waals surface area contributed by atoms with Gasteiger partial charge in [0.1, 0.15) is 5.75 Å². The number of rotatable bonds is 5. The van der Waals surface area contributed by atoms with Gasteiger partial charge < -0.3 is 25.6 Å². The van der Waals surface area contributed by atoms with Gasteiger partial charge in [-0.1, -0.05) is 0 Å². The number of hydrogen-bond acceptors (Lipinski definition) is 4. The van der Waals surface area contributed by atoms with Crippen LogP contribution in [0.2, 0.25) is 0 Å². The van der Waals surface area contributed by atoms with Crippen molar-refractivity contribution in [2.75, 3.05) is 19.0 Å². The van der Waals surface area contributed by atoms with Crippen molar-refractivity contribution >= 4 is 33.6 Å². The van der Waals surface area contributed by atoms with Gasteiger partial charge in [-0.2, -0.15) is 0 Å². The Morgan fingerprint density at radius 3 is 2.65 bits per heavy atom. The van der Waals surface area contributed by atoms with E-state index in [0.29, 0.717) is 15.9 Å². The summed E-state index contributed by atoms with van der Waals surface area (Å²) in [6, 6.07) is 4.36. The number of anilines is 1. The highest BCUT2D eigenvalue weighted by atomic mass is 79.9. The van der Waals surface area contributed by atoms with Crippen LogP contribution in [-0.2, 0) is 4.79 Å². The molecule has 0 heterocycles. The van der Waals surface area contributed by atoms with Gasteiger partial charge in [0.25, 0.3) is 0 Å². The van der Waals surface area contributed by atoms with Crippen molar-refractivity contribution in [2.45, 2.75) is 12.5 Å². The minimum absolute atomic E-state index is 0.421. The summed E-state index contributed by atoms with van der Waals surface area (Å²) in [5.41, 5.74) is -1.57. The molecule has 4 N–H and O–H groups in total. The lowest BCUT2D eigenvalue weighted by Crippen LogP contribution is -2.47. The van der Waals surface area contributed by atoms with E-state index in [2.05, 4.69) is 26.6 Å². The van der Waals surface area contributed by atoms with Crippen molar-refractivity contribution < 1.29 is 24.5 Å². The molecule has 2 amide bonds. The van der Waals surface area contributed by atoms with Gasteiger partial charge in [0.05, 0.1) is 19.3 Å². The third-order valence-electron chi connectivity index (χ3n) is 2.48. The molecule has 7 nitrogen and oxygen atoms in total. The van der Waals surface area contributed by atoms with Gasteiger partial charge in [0.15, 0.2) is 5.60 Å². The number of carbonyl (C=O) groups is 2. The first kappa shape index (κ1) is 16.3. The maximum absolute atomic E-state index is 11.6. The number of benzene rings is 1. The molecule has 110 valence electrons. The highest BCUT2D eigenvalue weighted by molar-refractivity contribution is 9.10. The van der Waals surface area contributed by atoms with Gasteiger partial charge in [-0.15, -0.1) is 0 Å². The fourth-order valence-electron chi connectivity index (χ4n) is 1.22. The molecule has 0 aliphatic carbocycles. The Labute approximate surface area is 124 Å². The molecule has 1 atom stereocenters. The molecule has 0 spiro atoms. The third-order valence-corrected chi connectivity index (χ3v) is 3.17. The number of nitrogens with one attached hydrogen (secondary N) is 2. The number of ether oxygens (including phenoxy) is 1. The predicted molar refractivity (Wildman–Crippen MR) is 76.0 cm³/mol. The average Bonchev–Trinajstić information content (AvgIpc) is 2.39. The number of amides is 2. The minimum atomic E-state index is -2.02.